The van der Waals surface area contributed by atoms with Crippen LogP contribution in [0.1, 0.15) is 0 Å². The zero-order chi connectivity index (χ0) is 21.6. The molecule has 3 N–H and O–H groups in total. The summed E-state index contributed by atoms with van der Waals surface area (Å²) in [6.07, 6.45) is 0. The second-order valence-corrected chi connectivity index (χ2v) is 8.60. The van der Waals surface area contributed by atoms with E-state index in [1.54, 1.807) is 24.3 Å². The molecule has 5 aromatic rings. The van der Waals surface area contributed by atoms with Gasteiger partial charge in [-0.2, -0.15) is 0 Å². The molecule has 154 valence electrons. The first kappa shape index (κ1) is 19.2. The summed E-state index contributed by atoms with van der Waals surface area (Å²) >= 11 is 0. The number of fused-ring (bicyclic) bond motifs is 1. The number of H-pyrrole nitrogens is 1. The van der Waals surface area contributed by atoms with E-state index in [9.17, 15) is 12.8 Å². The summed E-state index contributed by atoms with van der Waals surface area (Å²) in [6.45, 7) is 0. The third kappa shape index (κ3) is 3.63. The maximum Gasteiger partial charge on any atom is 0.238 e. The van der Waals surface area contributed by atoms with Crippen molar-refractivity contribution in [2.24, 2.45) is 5.14 Å². The predicted molar refractivity (Wildman–Crippen MR) is 116 cm³/mol. The SMILES string of the molecule is NS(=O)(=O)c1ccc(-c2nc(-c3cc4ccccc4o3)[nH]c2-c2ccc(F)cc2)cc1. The second-order valence-electron chi connectivity index (χ2n) is 7.03. The molecule has 0 bridgehead atoms. The maximum atomic E-state index is 13.5. The van der Waals surface area contributed by atoms with Gasteiger partial charge in [-0.05, 0) is 48.5 Å². The van der Waals surface area contributed by atoms with Gasteiger partial charge in [-0.1, -0.05) is 30.3 Å². The molecule has 0 spiro atoms. The summed E-state index contributed by atoms with van der Waals surface area (Å²) in [7, 11) is -3.81. The lowest BCUT2D eigenvalue weighted by Crippen LogP contribution is -2.11. The largest absolute Gasteiger partial charge is 0.453 e. The number of primary sulfonamides is 1. The predicted octanol–water partition coefficient (Wildman–Crippen LogP) is 4.94. The van der Waals surface area contributed by atoms with Gasteiger partial charge in [0.1, 0.15) is 11.4 Å². The van der Waals surface area contributed by atoms with E-state index in [0.717, 1.165) is 16.5 Å². The quantitative estimate of drug-likeness (QED) is 0.419. The first-order valence-electron chi connectivity index (χ1n) is 9.37. The van der Waals surface area contributed by atoms with Crippen LogP contribution in [0.15, 0.2) is 88.2 Å². The smallest absolute Gasteiger partial charge is 0.238 e. The number of hydrogen-bond acceptors (Lipinski definition) is 4. The standard InChI is InChI=1S/C23H16FN3O3S/c24-17-9-5-14(6-10-17)21-22(15-7-11-18(12-8-15)31(25,28)29)27-23(26-21)20-13-16-3-1-2-4-19(16)30-20/h1-13H,(H,26,27)(H2,25,28,29). The normalized spacial score (nSPS) is 11.8. The molecule has 5 rings (SSSR count). The number of rotatable bonds is 4. The number of nitrogens with zero attached hydrogens (tertiary/aromatic N) is 1. The molecule has 6 nitrogen and oxygen atoms in total. The van der Waals surface area contributed by atoms with Gasteiger partial charge >= 0.3 is 0 Å². The molecule has 0 saturated carbocycles. The second kappa shape index (κ2) is 7.19. The fourth-order valence-corrected chi connectivity index (χ4v) is 3.94. The minimum atomic E-state index is -3.81. The number of imidazole rings is 1. The van der Waals surface area contributed by atoms with Gasteiger partial charge in [0.2, 0.25) is 10.0 Å². The average molecular weight is 433 g/mol. The van der Waals surface area contributed by atoms with Gasteiger partial charge in [0, 0.05) is 16.5 Å². The van der Waals surface area contributed by atoms with Crippen LogP contribution >= 0.6 is 0 Å². The number of aromatic nitrogens is 2. The van der Waals surface area contributed by atoms with Crippen molar-refractivity contribution in [2.45, 2.75) is 4.90 Å². The average Bonchev–Trinajstić information content (AvgIpc) is 3.38. The Morgan fingerprint density at radius 3 is 2.26 bits per heavy atom. The summed E-state index contributed by atoms with van der Waals surface area (Å²) < 4.78 is 42.6. The van der Waals surface area contributed by atoms with Crippen LogP contribution in [0, 0.1) is 5.82 Å². The maximum absolute atomic E-state index is 13.5. The first-order valence-corrected chi connectivity index (χ1v) is 10.9. The monoisotopic (exact) mass is 433 g/mol. The number of halogens is 1. The Morgan fingerprint density at radius 2 is 1.58 bits per heavy atom. The molecule has 0 aliphatic heterocycles. The van der Waals surface area contributed by atoms with Crippen molar-refractivity contribution in [2.75, 3.05) is 0 Å². The van der Waals surface area contributed by atoms with Crippen molar-refractivity contribution in [1.82, 2.24) is 9.97 Å². The van der Waals surface area contributed by atoms with Gasteiger partial charge in [0.25, 0.3) is 0 Å². The van der Waals surface area contributed by atoms with E-state index in [1.807, 2.05) is 30.3 Å². The number of para-hydroxylation sites is 1. The third-order valence-corrected chi connectivity index (χ3v) is 5.88. The minimum absolute atomic E-state index is 0.00706. The third-order valence-electron chi connectivity index (χ3n) is 4.95. The van der Waals surface area contributed by atoms with Gasteiger partial charge in [0.15, 0.2) is 11.6 Å². The zero-order valence-corrected chi connectivity index (χ0v) is 16.9. The lowest BCUT2D eigenvalue weighted by Gasteiger charge is -2.04. The van der Waals surface area contributed by atoms with Crippen LogP contribution in [0.4, 0.5) is 4.39 Å². The highest BCUT2D eigenvalue weighted by atomic mass is 32.2. The van der Waals surface area contributed by atoms with Crippen LogP contribution in [0.3, 0.4) is 0 Å². The Bertz CT molecular complexity index is 1470. The van der Waals surface area contributed by atoms with E-state index in [1.165, 1.54) is 24.3 Å². The first-order chi connectivity index (χ1) is 14.9. The van der Waals surface area contributed by atoms with Crippen LogP contribution < -0.4 is 5.14 Å². The molecular formula is C23H16FN3O3S. The molecule has 0 aliphatic carbocycles. The van der Waals surface area contributed by atoms with E-state index >= 15 is 0 Å². The van der Waals surface area contributed by atoms with Crippen LogP contribution in [-0.2, 0) is 10.0 Å². The zero-order valence-electron chi connectivity index (χ0n) is 16.0. The highest BCUT2D eigenvalue weighted by molar-refractivity contribution is 7.89. The van der Waals surface area contributed by atoms with Crippen LogP contribution in [0.25, 0.3) is 45.1 Å². The van der Waals surface area contributed by atoms with Gasteiger partial charge in [-0.25, -0.2) is 22.9 Å². The van der Waals surface area contributed by atoms with E-state index in [0.29, 0.717) is 28.5 Å². The Balaban J connectivity index is 1.67. The number of benzene rings is 3. The van der Waals surface area contributed by atoms with E-state index in [2.05, 4.69) is 4.98 Å². The molecule has 3 aromatic carbocycles. The van der Waals surface area contributed by atoms with E-state index < -0.39 is 10.0 Å². The summed E-state index contributed by atoms with van der Waals surface area (Å²) in [4.78, 5) is 7.99. The van der Waals surface area contributed by atoms with Crippen LogP contribution in [-0.4, -0.2) is 18.4 Å². The fourth-order valence-electron chi connectivity index (χ4n) is 3.43. The van der Waals surface area contributed by atoms with Crippen molar-refractivity contribution in [3.8, 4) is 34.1 Å². The summed E-state index contributed by atoms with van der Waals surface area (Å²) in [5.41, 5.74) is 3.35. The highest BCUT2D eigenvalue weighted by Crippen LogP contribution is 2.35. The number of nitrogens with one attached hydrogen (secondary N) is 1. The molecule has 0 radical (unpaired) electrons. The number of furan rings is 1. The van der Waals surface area contributed by atoms with Gasteiger partial charge in [-0.3, -0.25) is 0 Å². The summed E-state index contributed by atoms with van der Waals surface area (Å²) in [6, 6.07) is 21.6. The van der Waals surface area contributed by atoms with Crippen LogP contribution in [0.2, 0.25) is 0 Å². The molecule has 31 heavy (non-hydrogen) atoms. The van der Waals surface area contributed by atoms with Crippen molar-refractivity contribution in [3.05, 3.63) is 84.7 Å². The Morgan fingerprint density at radius 1 is 0.903 bits per heavy atom. The Kier molecular flexibility index (Phi) is 4.46. The number of hydrogen-bond donors (Lipinski definition) is 2. The molecular weight excluding hydrogens is 417 g/mol. The minimum Gasteiger partial charge on any atom is -0.453 e. The lowest BCUT2D eigenvalue weighted by molar-refractivity contribution is 0.598. The summed E-state index contributed by atoms with van der Waals surface area (Å²) in [5.74, 6) is 0.706. The van der Waals surface area contributed by atoms with Crippen molar-refractivity contribution in [1.29, 1.82) is 0 Å². The van der Waals surface area contributed by atoms with Gasteiger partial charge in [0.05, 0.1) is 16.3 Å². The van der Waals surface area contributed by atoms with E-state index in [-0.39, 0.29) is 10.7 Å². The number of aromatic amines is 1. The molecule has 0 aliphatic rings. The molecule has 2 heterocycles. The molecule has 8 heteroatoms. The number of sulfonamides is 1. The van der Waals surface area contributed by atoms with Gasteiger partial charge < -0.3 is 9.40 Å². The molecule has 2 aromatic heterocycles. The molecule has 0 unspecified atom stereocenters. The van der Waals surface area contributed by atoms with E-state index in [4.69, 9.17) is 14.5 Å². The summed E-state index contributed by atoms with van der Waals surface area (Å²) in [5, 5.41) is 6.14. The Hall–Kier alpha value is -3.75. The molecule has 0 atom stereocenters. The highest BCUT2D eigenvalue weighted by Gasteiger charge is 2.18. The molecule has 0 saturated heterocycles. The van der Waals surface area contributed by atoms with Crippen molar-refractivity contribution < 1.29 is 17.2 Å². The topological polar surface area (TPSA) is 102 Å². The lowest BCUT2D eigenvalue weighted by atomic mass is 10.1. The molecule has 0 fully saturated rings. The van der Waals surface area contributed by atoms with Gasteiger partial charge in [-0.15, -0.1) is 0 Å². The van der Waals surface area contributed by atoms with Crippen molar-refractivity contribution in [3.63, 3.8) is 0 Å². The number of nitrogens with two attached hydrogens (primary N) is 1. The fraction of sp³-hybridized carbons (Fsp3) is 0. The molecule has 0 amide bonds. The van der Waals surface area contributed by atoms with Crippen molar-refractivity contribution >= 4 is 21.0 Å². The Labute approximate surface area is 177 Å². The van der Waals surface area contributed by atoms with Crippen LogP contribution in [0.5, 0.6) is 0 Å².